The van der Waals surface area contributed by atoms with Crippen LogP contribution in [0.2, 0.25) is 0 Å². The molecule has 2 aromatic heterocycles. The van der Waals surface area contributed by atoms with Crippen LogP contribution in [0.5, 0.6) is 0 Å². The number of halogens is 1. The van der Waals surface area contributed by atoms with E-state index in [0.717, 1.165) is 49.4 Å². The van der Waals surface area contributed by atoms with Gasteiger partial charge in [0.2, 0.25) is 11.7 Å². The van der Waals surface area contributed by atoms with Gasteiger partial charge in [0.1, 0.15) is 5.82 Å². The van der Waals surface area contributed by atoms with Crippen molar-refractivity contribution in [3.05, 3.63) is 54.2 Å². The zero-order chi connectivity index (χ0) is 19.8. The van der Waals surface area contributed by atoms with Crippen LogP contribution in [0.3, 0.4) is 0 Å². The average Bonchev–Trinajstić information content (AvgIpc) is 3.48. The molecule has 2 aliphatic heterocycles. The maximum atomic E-state index is 13.4. The summed E-state index contributed by atoms with van der Waals surface area (Å²) in [7, 11) is 0. The van der Waals surface area contributed by atoms with Crippen LogP contribution in [0.1, 0.15) is 37.4 Å². The fraction of sp³-hybridized carbons (Fsp3) is 0.409. The third kappa shape index (κ3) is 3.40. The Balaban J connectivity index is 1.51. The van der Waals surface area contributed by atoms with Gasteiger partial charge in [-0.3, -0.25) is 14.1 Å². The molecule has 0 bridgehead atoms. The highest BCUT2D eigenvalue weighted by atomic mass is 19.1. The van der Waals surface area contributed by atoms with Gasteiger partial charge in [-0.2, -0.15) is 0 Å². The van der Waals surface area contributed by atoms with Gasteiger partial charge in [-0.05, 0) is 69.1 Å². The third-order valence-corrected chi connectivity index (χ3v) is 6.05. The summed E-state index contributed by atoms with van der Waals surface area (Å²) >= 11 is 0. The lowest BCUT2D eigenvalue weighted by atomic mass is 10.1. The standard InChI is InChI=1S/C22H24FN5O/c23-17-7-5-16(6-8-17)20-14-25-22-24-10-9-19(28(20)22)18-4-3-13-27(18)21(29)15-26-11-1-2-12-26/h5-10,14,18H,1-4,11-13,15H2. The number of carbonyl (C=O) groups excluding carboxylic acids is 1. The molecule has 2 fully saturated rings. The van der Waals surface area contributed by atoms with Crippen LogP contribution in [0.25, 0.3) is 17.0 Å². The summed E-state index contributed by atoms with van der Waals surface area (Å²) in [6.07, 6.45) is 7.79. The van der Waals surface area contributed by atoms with Gasteiger partial charge >= 0.3 is 0 Å². The lowest BCUT2D eigenvalue weighted by Crippen LogP contribution is -2.39. The van der Waals surface area contributed by atoms with Gasteiger partial charge in [0.15, 0.2) is 0 Å². The van der Waals surface area contributed by atoms with Crippen LogP contribution in [0.4, 0.5) is 4.39 Å². The molecule has 1 amide bonds. The minimum atomic E-state index is -0.268. The lowest BCUT2D eigenvalue weighted by Gasteiger charge is -2.28. The molecular formula is C22H24FN5O. The molecule has 3 aromatic rings. The van der Waals surface area contributed by atoms with Crippen molar-refractivity contribution in [2.45, 2.75) is 31.7 Å². The molecule has 0 spiro atoms. The fourth-order valence-corrected chi connectivity index (χ4v) is 4.62. The third-order valence-electron chi connectivity index (χ3n) is 6.05. The number of nitrogens with zero attached hydrogens (tertiary/aromatic N) is 5. The van der Waals surface area contributed by atoms with Crippen molar-refractivity contribution >= 4 is 11.7 Å². The zero-order valence-corrected chi connectivity index (χ0v) is 16.3. The molecule has 0 N–H and O–H groups in total. The molecule has 1 unspecified atom stereocenters. The van der Waals surface area contributed by atoms with E-state index in [1.54, 1.807) is 24.5 Å². The number of rotatable bonds is 4. The van der Waals surface area contributed by atoms with E-state index in [1.807, 2.05) is 15.4 Å². The Bertz CT molecular complexity index is 1030. The molecule has 2 saturated heterocycles. The van der Waals surface area contributed by atoms with Gasteiger partial charge in [-0.25, -0.2) is 14.4 Å². The quantitative estimate of drug-likeness (QED) is 0.683. The maximum absolute atomic E-state index is 13.4. The van der Waals surface area contributed by atoms with Crippen molar-refractivity contribution in [2.24, 2.45) is 0 Å². The second kappa shape index (κ2) is 7.55. The number of hydrogen-bond acceptors (Lipinski definition) is 4. The predicted octanol–water partition coefficient (Wildman–Crippen LogP) is 3.29. The van der Waals surface area contributed by atoms with Crippen LogP contribution in [0.15, 0.2) is 42.7 Å². The lowest BCUT2D eigenvalue weighted by molar-refractivity contribution is -0.133. The molecule has 1 atom stereocenters. The molecule has 5 rings (SSSR count). The van der Waals surface area contributed by atoms with Crippen molar-refractivity contribution in [2.75, 3.05) is 26.2 Å². The van der Waals surface area contributed by atoms with Crippen molar-refractivity contribution < 1.29 is 9.18 Å². The highest BCUT2D eigenvalue weighted by Crippen LogP contribution is 2.34. The van der Waals surface area contributed by atoms with E-state index >= 15 is 0 Å². The Kier molecular flexibility index (Phi) is 4.75. The second-order valence-corrected chi connectivity index (χ2v) is 7.88. The summed E-state index contributed by atoms with van der Waals surface area (Å²) < 4.78 is 15.4. The number of fused-ring (bicyclic) bond motifs is 1. The normalized spacial score (nSPS) is 20.0. The molecule has 150 valence electrons. The molecule has 0 aliphatic carbocycles. The van der Waals surface area contributed by atoms with Crippen molar-refractivity contribution in [3.8, 4) is 11.3 Å². The van der Waals surface area contributed by atoms with E-state index in [1.165, 1.54) is 25.0 Å². The number of likely N-dealkylation sites (tertiary alicyclic amines) is 2. The molecule has 4 heterocycles. The topological polar surface area (TPSA) is 53.7 Å². The summed E-state index contributed by atoms with van der Waals surface area (Å²) in [5.41, 5.74) is 2.75. The maximum Gasteiger partial charge on any atom is 0.237 e. The Morgan fingerprint density at radius 2 is 1.83 bits per heavy atom. The van der Waals surface area contributed by atoms with Crippen molar-refractivity contribution in [3.63, 3.8) is 0 Å². The number of aromatic nitrogens is 3. The van der Waals surface area contributed by atoms with E-state index in [-0.39, 0.29) is 17.8 Å². The number of benzene rings is 1. The van der Waals surface area contributed by atoms with E-state index in [2.05, 4.69) is 14.9 Å². The van der Waals surface area contributed by atoms with Gasteiger partial charge in [-0.1, -0.05) is 0 Å². The molecular weight excluding hydrogens is 369 g/mol. The van der Waals surface area contributed by atoms with Crippen LogP contribution < -0.4 is 0 Å². The van der Waals surface area contributed by atoms with Gasteiger partial charge in [0.25, 0.3) is 0 Å². The van der Waals surface area contributed by atoms with E-state index in [0.29, 0.717) is 12.3 Å². The summed E-state index contributed by atoms with van der Waals surface area (Å²) in [4.78, 5) is 26.2. The fourth-order valence-electron chi connectivity index (χ4n) is 4.62. The Labute approximate surface area is 169 Å². The largest absolute Gasteiger partial charge is 0.333 e. The van der Waals surface area contributed by atoms with Crippen LogP contribution >= 0.6 is 0 Å². The smallest absolute Gasteiger partial charge is 0.237 e. The van der Waals surface area contributed by atoms with Crippen LogP contribution in [-0.4, -0.2) is 56.3 Å². The van der Waals surface area contributed by atoms with Crippen LogP contribution in [-0.2, 0) is 4.79 Å². The van der Waals surface area contributed by atoms with E-state index < -0.39 is 0 Å². The highest BCUT2D eigenvalue weighted by Gasteiger charge is 2.33. The first kappa shape index (κ1) is 18.2. The summed E-state index contributed by atoms with van der Waals surface area (Å²) in [6.45, 7) is 3.31. The highest BCUT2D eigenvalue weighted by molar-refractivity contribution is 5.79. The molecule has 7 heteroatoms. The molecule has 0 radical (unpaired) electrons. The second-order valence-electron chi connectivity index (χ2n) is 7.88. The van der Waals surface area contributed by atoms with E-state index in [4.69, 9.17) is 0 Å². The number of carbonyl (C=O) groups is 1. The van der Waals surface area contributed by atoms with Crippen molar-refractivity contribution in [1.82, 2.24) is 24.2 Å². The Morgan fingerprint density at radius 1 is 1.03 bits per heavy atom. The molecule has 2 aliphatic rings. The Hall–Kier alpha value is -2.80. The molecule has 6 nitrogen and oxygen atoms in total. The molecule has 29 heavy (non-hydrogen) atoms. The first-order valence-electron chi connectivity index (χ1n) is 10.3. The number of hydrogen-bond donors (Lipinski definition) is 0. The monoisotopic (exact) mass is 393 g/mol. The number of imidazole rings is 1. The van der Waals surface area contributed by atoms with E-state index in [9.17, 15) is 9.18 Å². The van der Waals surface area contributed by atoms with Gasteiger partial charge in [0.05, 0.1) is 30.2 Å². The zero-order valence-electron chi connectivity index (χ0n) is 16.3. The van der Waals surface area contributed by atoms with Crippen LogP contribution in [0, 0.1) is 5.82 Å². The summed E-state index contributed by atoms with van der Waals surface area (Å²) in [6, 6.07) is 8.39. The molecule has 0 saturated carbocycles. The SMILES string of the molecule is O=C(CN1CCCC1)N1CCCC1c1ccnc2ncc(-c3ccc(F)cc3)n12. The molecule has 1 aromatic carbocycles. The Morgan fingerprint density at radius 3 is 2.62 bits per heavy atom. The van der Waals surface area contributed by atoms with Gasteiger partial charge < -0.3 is 4.90 Å². The first-order valence-corrected chi connectivity index (χ1v) is 10.3. The minimum absolute atomic E-state index is 0.00371. The average molecular weight is 393 g/mol. The number of amides is 1. The van der Waals surface area contributed by atoms with Gasteiger partial charge in [-0.15, -0.1) is 0 Å². The predicted molar refractivity (Wildman–Crippen MR) is 108 cm³/mol. The first-order chi connectivity index (χ1) is 14.2. The summed E-state index contributed by atoms with van der Waals surface area (Å²) in [5.74, 6) is 0.527. The van der Waals surface area contributed by atoms with Crippen molar-refractivity contribution in [1.29, 1.82) is 0 Å². The van der Waals surface area contributed by atoms with Gasteiger partial charge in [0, 0.05) is 18.3 Å². The summed E-state index contributed by atoms with van der Waals surface area (Å²) in [5, 5.41) is 0. The minimum Gasteiger partial charge on any atom is -0.333 e.